The molecule has 2 rings (SSSR count). The summed E-state index contributed by atoms with van der Waals surface area (Å²) in [4.78, 5) is 40.0. The Hall–Kier alpha value is -3.16. The molecule has 8 heteroatoms. The zero-order valence-corrected chi connectivity index (χ0v) is 15.0. The Morgan fingerprint density at radius 2 is 1.88 bits per heavy atom. The predicted molar refractivity (Wildman–Crippen MR) is 97.7 cm³/mol. The molecule has 2 atom stereocenters. The highest BCUT2D eigenvalue weighted by Crippen LogP contribution is 2.15. The van der Waals surface area contributed by atoms with Crippen LogP contribution < -0.4 is 16.4 Å². The molecule has 138 valence electrons. The Bertz CT molecular complexity index is 797. The lowest BCUT2D eigenvalue weighted by Crippen LogP contribution is -2.49. The monoisotopic (exact) mass is 357 g/mol. The molecule has 3 amide bonds. The van der Waals surface area contributed by atoms with Crippen LogP contribution in [0.1, 0.15) is 36.5 Å². The van der Waals surface area contributed by atoms with Crippen molar-refractivity contribution in [2.75, 3.05) is 5.32 Å². The summed E-state index contributed by atoms with van der Waals surface area (Å²) in [6.07, 6.45) is 3.96. The number of rotatable bonds is 7. The van der Waals surface area contributed by atoms with E-state index in [1.54, 1.807) is 48.3 Å². The van der Waals surface area contributed by atoms with Gasteiger partial charge in [0.15, 0.2) is 5.82 Å². The van der Waals surface area contributed by atoms with Crippen molar-refractivity contribution >= 4 is 23.4 Å². The number of nitrogens with zero attached hydrogens (tertiary/aromatic N) is 2. The molecule has 1 aromatic carbocycles. The average molecular weight is 357 g/mol. The smallest absolute Gasteiger partial charge is 0.312 e. The van der Waals surface area contributed by atoms with E-state index in [0.717, 1.165) is 0 Å². The molecule has 2 unspecified atom stereocenters. The number of ketones is 1. The predicted octanol–water partition coefficient (Wildman–Crippen LogP) is 1.67. The lowest BCUT2D eigenvalue weighted by atomic mass is 9.98. The van der Waals surface area contributed by atoms with E-state index < -0.39 is 12.1 Å². The molecule has 1 heterocycles. The van der Waals surface area contributed by atoms with Crippen molar-refractivity contribution in [3.63, 3.8) is 0 Å². The molecule has 0 saturated heterocycles. The molecule has 0 bridgehead atoms. The molecule has 0 aliphatic carbocycles. The first kappa shape index (κ1) is 19.2. The first-order valence-corrected chi connectivity index (χ1v) is 8.32. The maximum atomic E-state index is 12.4. The summed E-state index contributed by atoms with van der Waals surface area (Å²) in [5, 5.41) is 5.20. The third-order valence-corrected chi connectivity index (χ3v) is 4.23. The number of aryl methyl sites for hydroxylation is 1. The van der Waals surface area contributed by atoms with Gasteiger partial charge in [-0.3, -0.25) is 9.59 Å². The number of imidazole rings is 1. The highest BCUT2D eigenvalue weighted by Gasteiger charge is 2.25. The van der Waals surface area contributed by atoms with E-state index in [4.69, 9.17) is 5.73 Å². The van der Waals surface area contributed by atoms with E-state index in [9.17, 15) is 14.4 Å². The van der Waals surface area contributed by atoms with E-state index >= 15 is 0 Å². The maximum absolute atomic E-state index is 12.4. The van der Waals surface area contributed by atoms with E-state index in [0.29, 0.717) is 23.5 Å². The van der Waals surface area contributed by atoms with Crippen LogP contribution in [-0.2, 0) is 11.8 Å². The number of amides is 3. The van der Waals surface area contributed by atoms with Crippen LogP contribution in [0.15, 0.2) is 36.7 Å². The van der Waals surface area contributed by atoms with Crippen LogP contribution in [0.2, 0.25) is 0 Å². The van der Waals surface area contributed by atoms with Crippen molar-refractivity contribution in [3.05, 3.63) is 48.0 Å². The number of carbonyl (C=O) groups excluding carboxylic acids is 3. The first-order valence-electron chi connectivity index (χ1n) is 8.32. The van der Waals surface area contributed by atoms with Crippen LogP contribution in [0.5, 0.6) is 0 Å². The number of aromatic nitrogens is 2. The third kappa shape index (κ3) is 4.47. The first-order chi connectivity index (χ1) is 12.3. The Balaban J connectivity index is 2.10. The van der Waals surface area contributed by atoms with E-state index in [1.807, 2.05) is 13.8 Å². The van der Waals surface area contributed by atoms with Gasteiger partial charge in [0, 0.05) is 30.7 Å². The zero-order chi connectivity index (χ0) is 19.3. The Morgan fingerprint density at radius 1 is 1.23 bits per heavy atom. The highest BCUT2D eigenvalue weighted by molar-refractivity contribution is 6.07. The number of primary amides is 1. The summed E-state index contributed by atoms with van der Waals surface area (Å²) in [6.45, 7) is 3.78. The number of anilines is 1. The summed E-state index contributed by atoms with van der Waals surface area (Å²) in [6, 6.07) is 5.02. The Kier molecular flexibility index (Phi) is 6.11. The Labute approximate surface area is 151 Å². The van der Waals surface area contributed by atoms with E-state index in [2.05, 4.69) is 15.6 Å². The van der Waals surface area contributed by atoms with Crippen LogP contribution in [-0.4, -0.2) is 33.3 Å². The molecule has 0 saturated carbocycles. The fourth-order valence-electron chi connectivity index (χ4n) is 2.49. The molecule has 2 aromatic rings. The van der Waals surface area contributed by atoms with Gasteiger partial charge >= 0.3 is 6.03 Å². The average Bonchev–Trinajstić information content (AvgIpc) is 3.04. The largest absolute Gasteiger partial charge is 0.352 e. The topological polar surface area (TPSA) is 119 Å². The van der Waals surface area contributed by atoms with Gasteiger partial charge < -0.3 is 20.9 Å². The second-order valence-corrected chi connectivity index (χ2v) is 6.13. The van der Waals surface area contributed by atoms with Gasteiger partial charge in [0.25, 0.3) is 0 Å². The number of urea groups is 1. The number of nitrogens with two attached hydrogens (primary N) is 1. The quantitative estimate of drug-likeness (QED) is 0.653. The van der Waals surface area contributed by atoms with Gasteiger partial charge in [-0.05, 0) is 30.2 Å². The lowest BCUT2D eigenvalue weighted by molar-refractivity contribution is -0.119. The van der Waals surface area contributed by atoms with Gasteiger partial charge in [0.05, 0.1) is 0 Å². The van der Waals surface area contributed by atoms with Crippen molar-refractivity contribution in [1.82, 2.24) is 14.9 Å². The van der Waals surface area contributed by atoms with Crippen molar-refractivity contribution in [2.24, 2.45) is 18.7 Å². The standard InChI is InChI=1S/C18H23N5O3/c1-4-11(2)14(22-18(19)26)17(25)21-13-7-5-12(6-8-13)15(24)16-20-9-10-23(16)3/h5-11,14H,4H2,1-3H3,(H,21,25)(H3,19,22,26). The SMILES string of the molecule is CCC(C)C(NC(N)=O)C(=O)Nc1ccc(C(=O)c2nccn2C)cc1. The summed E-state index contributed by atoms with van der Waals surface area (Å²) in [5.74, 6) is -0.305. The highest BCUT2D eigenvalue weighted by atomic mass is 16.2. The van der Waals surface area contributed by atoms with E-state index in [-0.39, 0.29) is 17.6 Å². The van der Waals surface area contributed by atoms with Crippen LogP contribution in [0.3, 0.4) is 0 Å². The molecule has 0 spiro atoms. The molecule has 0 aliphatic rings. The van der Waals surface area contributed by atoms with Crippen molar-refractivity contribution in [2.45, 2.75) is 26.3 Å². The minimum Gasteiger partial charge on any atom is -0.352 e. The lowest BCUT2D eigenvalue weighted by Gasteiger charge is -2.22. The summed E-state index contributed by atoms with van der Waals surface area (Å²) < 4.78 is 1.64. The van der Waals surface area contributed by atoms with Crippen molar-refractivity contribution in [1.29, 1.82) is 0 Å². The minimum atomic E-state index is -0.749. The summed E-state index contributed by atoms with van der Waals surface area (Å²) >= 11 is 0. The number of nitrogens with one attached hydrogen (secondary N) is 2. The summed E-state index contributed by atoms with van der Waals surface area (Å²) in [7, 11) is 1.75. The second kappa shape index (κ2) is 8.28. The molecule has 4 N–H and O–H groups in total. The van der Waals surface area contributed by atoms with Crippen molar-refractivity contribution < 1.29 is 14.4 Å². The maximum Gasteiger partial charge on any atom is 0.312 e. The van der Waals surface area contributed by atoms with Crippen molar-refractivity contribution in [3.8, 4) is 0 Å². The minimum absolute atomic E-state index is 0.0771. The fraction of sp³-hybridized carbons (Fsp3) is 0.333. The number of benzene rings is 1. The molecular formula is C18H23N5O3. The zero-order valence-electron chi connectivity index (χ0n) is 15.0. The number of carbonyl (C=O) groups is 3. The molecule has 26 heavy (non-hydrogen) atoms. The van der Waals surface area contributed by atoms with Crippen LogP contribution in [0.4, 0.5) is 10.5 Å². The molecule has 0 aliphatic heterocycles. The normalized spacial score (nSPS) is 12.9. The van der Waals surface area contributed by atoms with Crippen LogP contribution >= 0.6 is 0 Å². The fourth-order valence-corrected chi connectivity index (χ4v) is 2.49. The van der Waals surface area contributed by atoms with Gasteiger partial charge in [-0.2, -0.15) is 0 Å². The van der Waals surface area contributed by atoms with Gasteiger partial charge in [0.2, 0.25) is 11.7 Å². The van der Waals surface area contributed by atoms with Crippen LogP contribution in [0, 0.1) is 5.92 Å². The van der Waals surface area contributed by atoms with Crippen LogP contribution in [0.25, 0.3) is 0 Å². The van der Waals surface area contributed by atoms with Gasteiger partial charge in [0.1, 0.15) is 6.04 Å². The molecular weight excluding hydrogens is 334 g/mol. The third-order valence-electron chi connectivity index (χ3n) is 4.23. The second-order valence-electron chi connectivity index (χ2n) is 6.13. The molecule has 0 fully saturated rings. The Morgan fingerprint density at radius 3 is 2.38 bits per heavy atom. The molecule has 1 aromatic heterocycles. The molecule has 0 radical (unpaired) electrons. The van der Waals surface area contributed by atoms with E-state index in [1.165, 1.54) is 0 Å². The molecule has 8 nitrogen and oxygen atoms in total. The number of hydrogen-bond acceptors (Lipinski definition) is 4. The van der Waals surface area contributed by atoms with Gasteiger partial charge in [-0.25, -0.2) is 9.78 Å². The summed E-state index contributed by atoms with van der Waals surface area (Å²) in [5.41, 5.74) is 6.14. The van der Waals surface area contributed by atoms with Gasteiger partial charge in [-0.15, -0.1) is 0 Å². The number of hydrogen-bond donors (Lipinski definition) is 3. The van der Waals surface area contributed by atoms with Gasteiger partial charge in [-0.1, -0.05) is 20.3 Å².